The molecule has 408 valence electrons. The van der Waals surface area contributed by atoms with Crippen LogP contribution in [0.25, 0.3) is 61.3 Å². The molecule has 0 unspecified atom stereocenters. The number of methoxy groups -OCH3 is 2. The minimum atomic E-state index is -2.33. The Labute approximate surface area is 464 Å². The molecule has 0 aliphatic carbocycles. The number of furan rings is 2. The van der Waals surface area contributed by atoms with Gasteiger partial charge in [0.25, 0.3) is 11.8 Å². The number of fused-ring (bicyclic) bond motifs is 2. The fraction of sp³-hybridized carbons (Fsp3) is 0.345. The molecule has 24 heteroatoms. The van der Waals surface area contributed by atoms with Gasteiger partial charge in [0.05, 0.1) is 55.3 Å². The molecule has 0 atom stereocenters. The van der Waals surface area contributed by atoms with Gasteiger partial charge >= 0.3 is 118 Å². The van der Waals surface area contributed by atoms with Crippen LogP contribution in [-0.2, 0) is 9.47 Å². The van der Waals surface area contributed by atoms with Crippen molar-refractivity contribution < 1.29 is 46.8 Å². The molecule has 0 N–H and O–H groups in total. The predicted molar refractivity (Wildman–Crippen MR) is 295 cm³/mol. The van der Waals surface area contributed by atoms with Gasteiger partial charge in [-0.1, -0.05) is 11.6 Å². The Morgan fingerprint density at radius 3 is 1.68 bits per heavy atom. The molecule has 79 heavy (non-hydrogen) atoms. The number of nitrogens with zero attached hydrogens (tertiary/aromatic N) is 12. The number of hydrogen-bond donors (Lipinski definition) is 0. The summed E-state index contributed by atoms with van der Waals surface area (Å²) in [5.74, 6) is 2.85. The van der Waals surface area contributed by atoms with Gasteiger partial charge in [-0.3, -0.25) is 19.6 Å². The Morgan fingerprint density at radius 1 is 0.684 bits per heavy atom. The number of carbonyl (C=O) groups excluding carboxylic acids is 2. The predicted octanol–water partition coefficient (Wildman–Crippen LogP) is 8.87. The summed E-state index contributed by atoms with van der Waals surface area (Å²) in [4.78, 5) is 72.5. The first kappa shape index (κ1) is 57.2. The molecule has 0 spiro atoms. The van der Waals surface area contributed by atoms with Crippen LogP contribution in [0.3, 0.4) is 0 Å². The van der Waals surface area contributed by atoms with Crippen LogP contribution in [0.2, 0.25) is 19.8 Å². The van der Waals surface area contributed by atoms with Gasteiger partial charge in [0.1, 0.15) is 46.1 Å². The average Bonchev–Trinajstić information content (AvgIpc) is 4.26. The molecule has 8 aromatic heterocycles. The van der Waals surface area contributed by atoms with Crippen molar-refractivity contribution in [3.05, 3.63) is 107 Å². The van der Waals surface area contributed by atoms with Crippen LogP contribution in [0.15, 0.2) is 82.4 Å². The average molecular weight is 1200 g/mol. The molecule has 2 saturated heterocycles. The zero-order valence-electron chi connectivity index (χ0n) is 45.1. The Balaban J connectivity index is 0.000000168. The van der Waals surface area contributed by atoms with Gasteiger partial charge in [0.2, 0.25) is 0 Å². The van der Waals surface area contributed by atoms with Gasteiger partial charge < -0.3 is 37.6 Å². The van der Waals surface area contributed by atoms with Crippen LogP contribution >= 0.6 is 11.6 Å². The van der Waals surface area contributed by atoms with Crippen LogP contribution in [0.5, 0.6) is 23.0 Å². The molecule has 2 fully saturated rings. The molecule has 0 bridgehead atoms. The van der Waals surface area contributed by atoms with Gasteiger partial charge in [-0.05, 0) is 24.3 Å². The third-order valence-corrected chi connectivity index (χ3v) is 17.0. The third-order valence-electron chi connectivity index (χ3n) is 12.2. The maximum atomic E-state index is 12.3. The fourth-order valence-corrected chi connectivity index (χ4v) is 10.8. The van der Waals surface area contributed by atoms with E-state index >= 15 is 0 Å². The molecule has 2 amide bonds. The second-order valence-electron chi connectivity index (χ2n) is 19.4. The molecule has 0 saturated carbocycles. The standard InChI is InChI=1S/C26H24N6O5.C16H14ClN3O3.C10H10N3O2.3CH3.Sn/c1-32(2)26(33)15-10-20(34-3)23(29-13-15)21-11-18-24(37-21)17(4-7-28-18)25-30-14-22(19(12-27)31-25)36-16-5-8-35-9-6-16;1-20(2)16(21)9-6-12(22-3)14(19-8-9)13-7-11-15(23-13)10(17)4-5-18-11;1-11-10-9(6-12-7-13-10)15-8-2-4-14-5-3-8;;;;/h4,7,10-11,13-14,16H,5-6,8-9H2,1-3H3;4-8H,1-3H3;6,8H,2-5H2;3*1H3;. The number of rotatable bonds is 12. The zero-order chi connectivity index (χ0) is 56.4. The van der Waals surface area contributed by atoms with E-state index in [9.17, 15) is 14.9 Å². The molecular formula is C55H57ClN12O10Sn. The Morgan fingerprint density at radius 2 is 1.19 bits per heavy atom. The SMILES string of the molecule is COc1cc(C(=O)N(C)C)cnc1-c1cc2nccc(-c3ncc(OC4CCOCC4)c(C#N)n3)c2o1.COc1cc(C(=O)N(C)C)cnc1-c1cc2nccc(Cl)c2o1.[C-]#[N+]c1n[c]([Sn]([CH3])([CH3])[CH3])ncc1OC1CCOCC1. The second kappa shape index (κ2) is 25.6. The van der Waals surface area contributed by atoms with Crippen molar-refractivity contribution in [1.29, 1.82) is 5.26 Å². The summed E-state index contributed by atoms with van der Waals surface area (Å²) < 4.78 is 46.1. The number of amides is 2. The zero-order valence-corrected chi connectivity index (χ0v) is 48.7. The Kier molecular flexibility index (Phi) is 18.5. The third kappa shape index (κ3) is 13.6. The van der Waals surface area contributed by atoms with Crippen LogP contribution in [0, 0.1) is 17.9 Å². The van der Waals surface area contributed by atoms with Gasteiger partial charge in [0.15, 0.2) is 40.0 Å². The molecule has 2 aliphatic heterocycles. The van der Waals surface area contributed by atoms with Gasteiger partial charge in [0, 0.05) is 78.0 Å². The molecule has 2 aliphatic rings. The number of aromatic nitrogens is 8. The van der Waals surface area contributed by atoms with Crippen molar-refractivity contribution in [3.8, 4) is 63.4 Å². The normalized spacial score (nSPS) is 13.7. The summed E-state index contributed by atoms with van der Waals surface area (Å²) in [7, 11) is 9.69. The number of ether oxygens (including phenoxy) is 6. The van der Waals surface area contributed by atoms with Crippen molar-refractivity contribution in [1.82, 2.24) is 49.7 Å². The first-order chi connectivity index (χ1) is 38.0. The number of hydrogen-bond acceptors (Lipinski definition) is 19. The maximum absolute atomic E-state index is 12.3. The Bertz CT molecular complexity index is 3580. The number of halogens is 1. The van der Waals surface area contributed by atoms with E-state index in [-0.39, 0.29) is 29.7 Å². The van der Waals surface area contributed by atoms with E-state index in [1.807, 2.05) is 0 Å². The monoisotopic (exact) mass is 1200 g/mol. The van der Waals surface area contributed by atoms with E-state index in [2.05, 4.69) is 65.6 Å². The number of carbonyl (C=O) groups is 2. The minimum absolute atomic E-state index is 0.0440. The fourth-order valence-electron chi connectivity index (χ4n) is 8.08. The second-order valence-corrected chi connectivity index (χ2v) is 33.9. The van der Waals surface area contributed by atoms with E-state index < -0.39 is 18.4 Å². The summed E-state index contributed by atoms with van der Waals surface area (Å²) in [6.45, 7) is 9.93. The van der Waals surface area contributed by atoms with Crippen molar-refractivity contribution in [2.75, 3.05) is 68.8 Å². The first-order valence-corrected chi connectivity index (χ1v) is 35.3. The summed E-state index contributed by atoms with van der Waals surface area (Å²) in [6, 6.07) is 12.2. The van der Waals surface area contributed by atoms with Crippen LogP contribution < -0.4 is 22.8 Å². The molecule has 10 heterocycles. The summed E-state index contributed by atoms with van der Waals surface area (Å²) in [5, 5.41) is 10.2. The van der Waals surface area contributed by atoms with Crippen molar-refractivity contribution >= 4 is 73.6 Å². The van der Waals surface area contributed by atoms with Crippen LogP contribution in [0.4, 0.5) is 5.82 Å². The first-order valence-electron chi connectivity index (χ1n) is 25.0. The van der Waals surface area contributed by atoms with Gasteiger partial charge in [-0.15, -0.1) is 0 Å². The Hall–Kier alpha value is -8.03. The molecule has 0 radical (unpaired) electrons. The summed E-state index contributed by atoms with van der Waals surface area (Å²) in [5.41, 5.74) is 4.51. The molecule has 0 aromatic carbocycles. The van der Waals surface area contributed by atoms with E-state index in [4.69, 9.17) is 55.4 Å². The van der Waals surface area contributed by atoms with E-state index in [1.54, 1.807) is 83.2 Å². The number of nitriles is 1. The topological polar surface area (TPSA) is 254 Å². The van der Waals surface area contributed by atoms with Crippen LogP contribution in [-0.4, -0.2) is 161 Å². The van der Waals surface area contributed by atoms with Gasteiger partial charge in [-0.25, -0.2) is 19.9 Å². The van der Waals surface area contributed by atoms with Crippen molar-refractivity contribution in [2.24, 2.45) is 0 Å². The summed E-state index contributed by atoms with van der Waals surface area (Å²) >= 11 is 3.77. The quantitative estimate of drug-likeness (QED) is 0.0817. The molecular weight excluding hydrogens is 1140 g/mol. The molecule has 8 aromatic rings. The molecule has 22 nitrogen and oxygen atoms in total. The van der Waals surface area contributed by atoms with Crippen molar-refractivity contribution in [2.45, 2.75) is 52.7 Å². The summed E-state index contributed by atoms with van der Waals surface area (Å²) in [6.07, 6.45) is 12.6. The molecule has 10 rings (SSSR count). The van der Waals surface area contributed by atoms with Crippen LogP contribution in [0.1, 0.15) is 52.1 Å². The van der Waals surface area contributed by atoms with E-state index in [0.717, 1.165) is 42.7 Å². The van der Waals surface area contributed by atoms with E-state index in [1.165, 1.54) is 42.6 Å². The number of pyridine rings is 4. The van der Waals surface area contributed by atoms with E-state index in [0.29, 0.717) is 115 Å². The van der Waals surface area contributed by atoms with Gasteiger partial charge in [-0.2, -0.15) is 5.26 Å². The van der Waals surface area contributed by atoms with Crippen molar-refractivity contribution in [3.63, 3.8) is 0 Å².